The van der Waals surface area contributed by atoms with Gasteiger partial charge in [0, 0.05) is 12.8 Å². The van der Waals surface area contributed by atoms with Crippen LogP contribution in [0.5, 0.6) is 0 Å². The van der Waals surface area contributed by atoms with Gasteiger partial charge in [0.05, 0.1) is 0 Å². The van der Waals surface area contributed by atoms with Crippen LogP contribution in [0.4, 0.5) is 0 Å². The maximum Gasteiger partial charge on any atom is 0.328 e. The Hall–Kier alpha value is -2.98. The van der Waals surface area contributed by atoms with Crippen LogP contribution in [0.3, 0.4) is 0 Å². The Morgan fingerprint density at radius 3 is 2.14 bits per heavy atom. The van der Waals surface area contributed by atoms with Gasteiger partial charge in [-0.15, -0.1) is 0 Å². The molecule has 28 heavy (non-hydrogen) atoms. The summed E-state index contributed by atoms with van der Waals surface area (Å²) in [5.74, 6) is -4.35. The highest BCUT2D eigenvalue weighted by atomic mass is 16.4. The lowest BCUT2D eigenvalue weighted by Crippen LogP contribution is -2.59. The first-order chi connectivity index (χ1) is 13.2. The number of aliphatic hydroxyl groups excluding tert-OH is 1. The Balaban J connectivity index is 3.19. The van der Waals surface area contributed by atoms with E-state index in [1.165, 1.54) is 12.1 Å². The van der Waals surface area contributed by atoms with E-state index in [0.29, 0.717) is 11.4 Å². The maximum absolute atomic E-state index is 12.5. The van der Waals surface area contributed by atoms with Gasteiger partial charge in [0.25, 0.3) is 0 Å². The number of rotatable bonds is 12. The van der Waals surface area contributed by atoms with Gasteiger partial charge in [-0.2, -0.15) is 0 Å². The van der Waals surface area contributed by atoms with E-state index in [9.17, 15) is 34.5 Å². The zero-order valence-electron chi connectivity index (χ0n) is 15.4. The van der Waals surface area contributed by atoms with Crippen molar-refractivity contribution in [2.75, 3.05) is 0 Å². The molecule has 0 aromatic heterocycles. The number of primary amides is 1. The average molecular weight is 395 g/mol. The number of nitrogens with two attached hydrogens (primary N) is 1. The van der Waals surface area contributed by atoms with Crippen LogP contribution in [0.1, 0.15) is 44.3 Å². The summed E-state index contributed by atoms with van der Waals surface area (Å²) in [5.41, 5.74) is 7.68. The zero-order chi connectivity index (χ0) is 21.3. The van der Waals surface area contributed by atoms with Gasteiger partial charge < -0.3 is 21.1 Å². The van der Waals surface area contributed by atoms with Crippen molar-refractivity contribution in [2.45, 2.75) is 50.8 Å². The smallest absolute Gasteiger partial charge is 0.328 e. The number of hydrazine groups is 1. The number of amides is 2. The predicted octanol–water partition coefficient (Wildman–Crippen LogP) is 0.0252. The molecule has 1 aromatic carbocycles. The number of carbonyl (C=O) groups is 4. The quantitative estimate of drug-likeness (QED) is 0.308. The summed E-state index contributed by atoms with van der Waals surface area (Å²) in [5, 5.41) is 30.1. The van der Waals surface area contributed by atoms with E-state index in [2.05, 4.69) is 5.43 Å². The van der Waals surface area contributed by atoms with E-state index in [0.717, 1.165) is 0 Å². The van der Waals surface area contributed by atoms with Gasteiger partial charge in [0.2, 0.25) is 11.8 Å². The maximum atomic E-state index is 12.5. The molecule has 1 aromatic rings. The highest BCUT2D eigenvalue weighted by Gasteiger charge is 2.36. The summed E-state index contributed by atoms with van der Waals surface area (Å²) in [7, 11) is 0. The second-order valence-corrected chi connectivity index (χ2v) is 6.17. The first kappa shape index (κ1) is 23.1. The molecule has 1 unspecified atom stereocenters. The molecule has 10 nitrogen and oxygen atoms in total. The molecular weight excluding hydrogens is 370 g/mol. The Kier molecular flexibility index (Phi) is 9.06. The van der Waals surface area contributed by atoms with E-state index >= 15 is 0 Å². The monoisotopic (exact) mass is 395 g/mol. The molecule has 6 N–H and O–H groups in total. The van der Waals surface area contributed by atoms with E-state index in [-0.39, 0.29) is 24.8 Å². The number of benzene rings is 1. The minimum absolute atomic E-state index is 0.0544. The van der Waals surface area contributed by atoms with Crippen molar-refractivity contribution < 1.29 is 34.5 Å². The summed E-state index contributed by atoms with van der Waals surface area (Å²) in [6.45, 7) is 1.70. The van der Waals surface area contributed by atoms with Crippen molar-refractivity contribution in [3.8, 4) is 0 Å². The van der Waals surface area contributed by atoms with Gasteiger partial charge in [-0.25, -0.2) is 10.2 Å². The largest absolute Gasteiger partial charge is 0.480 e. The zero-order valence-corrected chi connectivity index (χ0v) is 15.4. The number of carbonyl (C=O) groups excluding carboxylic acids is 2. The van der Waals surface area contributed by atoms with Crippen LogP contribution in [-0.2, 0) is 19.2 Å². The molecule has 1 rings (SSSR count). The number of hydrogen-bond donors (Lipinski definition) is 5. The van der Waals surface area contributed by atoms with Crippen LogP contribution in [0.2, 0.25) is 0 Å². The molecule has 0 bridgehead atoms. The number of hydrogen-bond acceptors (Lipinski definition) is 6. The number of carboxylic acids is 2. The third kappa shape index (κ3) is 6.63. The fourth-order valence-electron chi connectivity index (χ4n) is 2.57. The molecule has 0 aliphatic rings. The van der Waals surface area contributed by atoms with Crippen molar-refractivity contribution in [3.05, 3.63) is 35.9 Å². The average Bonchev–Trinajstić information content (AvgIpc) is 2.63. The van der Waals surface area contributed by atoms with E-state index in [1.807, 2.05) is 0 Å². The topological polar surface area (TPSA) is 170 Å². The first-order valence-corrected chi connectivity index (χ1v) is 8.74. The lowest BCUT2D eigenvalue weighted by atomic mass is 10.0. The number of nitrogens with one attached hydrogen (secondary N) is 1. The van der Waals surface area contributed by atoms with Crippen molar-refractivity contribution in [1.29, 1.82) is 0 Å². The van der Waals surface area contributed by atoms with Crippen molar-refractivity contribution in [2.24, 2.45) is 5.73 Å². The first-order valence-electron chi connectivity index (χ1n) is 8.74. The van der Waals surface area contributed by atoms with Gasteiger partial charge in [0.1, 0.15) is 12.1 Å². The van der Waals surface area contributed by atoms with Crippen LogP contribution >= 0.6 is 0 Å². The summed E-state index contributed by atoms with van der Waals surface area (Å²) in [6.07, 6.45) is -1.84. The third-order valence-corrected chi connectivity index (χ3v) is 3.99. The van der Waals surface area contributed by atoms with Gasteiger partial charge in [-0.1, -0.05) is 37.3 Å². The SMILES string of the molecule is CCCC(=O)N(N[C@H](C(=O)O)C(O)c1ccccc1)[C@@H](CCC(N)=O)C(=O)O. The van der Waals surface area contributed by atoms with Crippen LogP contribution in [0.25, 0.3) is 0 Å². The fourth-order valence-corrected chi connectivity index (χ4v) is 2.57. The highest BCUT2D eigenvalue weighted by Crippen LogP contribution is 2.19. The third-order valence-electron chi connectivity index (χ3n) is 3.99. The highest BCUT2D eigenvalue weighted by molar-refractivity contribution is 5.84. The molecule has 0 aliphatic carbocycles. The van der Waals surface area contributed by atoms with Gasteiger partial charge in [-0.3, -0.25) is 19.4 Å². The molecular formula is C18H25N3O7. The molecule has 0 saturated carbocycles. The molecule has 2 amide bonds. The minimum Gasteiger partial charge on any atom is -0.480 e. The summed E-state index contributed by atoms with van der Waals surface area (Å²) in [6, 6.07) is 4.66. The number of nitrogens with zero attached hydrogens (tertiary/aromatic N) is 1. The van der Waals surface area contributed by atoms with E-state index in [4.69, 9.17) is 5.73 Å². The van der Waals surface area contributed by atoms with Crippen LogP contribution in [0.15, 0.2) is 30.3 Å². The molecule has 10 heteroatoms. The molecule has 0 aliphatic heterocycles. The molecule has 154 valence electrons. The Bertz CT molecular complexity index is 696. The van der Waals surface area contributed by atoms with Crippen LogP contribution in [-0.4, -0.2) is 56.2 Å². The Morgan fingerprint density at radius 1 is 1.07 bits per heavy atom. The molecule has 3 atom stereocenters. The Morgan fingerprint density at radius 2 is 1.68 bits per heavy atom. The van der Waals surface area contributed by atoms with Gasteiger partial charge in [-0.05, 0) is 18.4 Å². The number of carboxylic acid groups (broad SMARTS) is 2. The molecule has 0 spiro atoms. The lowest BCUT2D eigenvalue weighted by molar-refractivity contribution is -0.159. The second-order valence-electron chi connectivity index (χ2n) is 6.17. The van der Waals surface area contributed by atoms with Crippen LogP contribution in [0, 0.1) is 0 Å². The van der Waals surface area contributed by atoms with Gasteiger partial charge in [0.15, 0.2) is 6.04 Å². The molecule has 0 fully saturated rings. The summed E-state index contributed by atoms with van der Waals surface area (Å²) < 4.78 is 0. The van der Waals surface area contributed by atoms with E-state index in [1.54, 1.807) is 25.1 Å². The second kappa shape index (κ2) is 11.0. The fraction of sp³-hybridized carbons (Fsp3) is 0.444. The minimum atomic E-state index is -1.70. The lowest BCUT2D eigenvalue weighted by Gasteiger charge is -2.33. The van der Waals surface area contributed by atoms with Crippen molar-refractivity contribution in [3.63, 3.8) is 0 Å². The van der Waals surface area contributed by atoms with Crippen molar-refractivity contribution in [1.82, 2.24) is 10.4 Å². The number of aliphatic carboxylic acids is 2. The van der Waals surface area contributed by atoms with Crippen molar-refractivity contribution >= 4 is 23.8 Å². The van der Waals surface area contributed by atoms with E-state index < -0.39 is 41.9 Å². The summed E-state index contributed by atoms with van der Waals surface area (Å²) >= 11 is 0. The molecule has 0 saturated heterocycles. The summed E-state index contributed by atoms with van der Waals surface area (Å²) in [4.78, 5) is 46.9. The number of aliphatic hydroxyl groups is 1. The molecule has 0 radical (unpaired) electrons. The molecule has 0 heterocycles. The van der Waals surface area contributed by atoms with Gasteiger partial charge >= 0.3 is 11.9 Å². The normalized spacial score (nSPS) is 13.9. The standard InChI is InChI=1S/C18H25N3O7/c1-2-6-14(23)21(12(17(25)26)9-10-13(19)22)20-15(18(27)28)16(24)11-7-4-3-5-8-11/h3-5,7-8,12,15-16,20,24H,2,6,9-10H2,1H3,(H2,19,22)(H,25,26)(H,27,28)/t12-,15-,16?/m0/s1. The Labute approximate surface area is 161 Å². The predicted molar refractivity (Wildman–Crippen MR) is 97.6 cm³/mol. The van der Waals surface area contributed by atoms with Crippen LogP contribution < -0.4 is 11.2 Å².